The molecule has 0 aliphatic carbocycles. The molecule has 1 rings (SSSR count). The second-order valence-corrected chi connectivity index (χ2v) is 10.0. The summed E-state index contributed by atoms with van der Waals surface area (Å²) in [6.07, 6.45) is 15.5. The molecule has 8 N–H and O–H groups in total. The SMILES string of the molecule is NCCCCCCCCC1OC(C(CO)CO)C(OCCCCCCN)C1OCCCCCCN. The lowest BCUT2D eigenvalue weighted by Crippen LogP contribution is -2.42. The van der Waals surface area contributed by atoms with E-state index in [1.165, 1.54) is 19.3 Å². The maximum absolute atomic E-state index is 9.89. The lowest BCUT2D eigenvalue weighted by atomic mass is 9.95. The summed E-state index contributed by atoms with van der Waals surface area (Å²) in [5, 5.41) is 19.8. The molecule has 0 aromatic heterocycles. The Morgan fingerprint density at radius 2 is 1.00 bits per heavy atom. The molecule has 8 nitrogen and oxygen atoms in total. The summed E-state index contributed by atoms with van der Waals surface area (Å²) in [5.41, 5.74) is 16.8. The third kappa shape index (κ3) is 14.3. The second kappa shape index (κ2) is 22.8. The molecule has 210 valence electrons. The van der Waals surface area contributed by atoms with Gasteiger partial charge in [0.1, 0.15) is 12.2 Å². The van der Waals surface area contributed by atoms with Crippen LogP contribution in [-0.4, -0.2) is 80.7 Å². The molecule has 0 amide bonds. The van der Waals surface area contributed by atoms with Crippen molar-refractivity contribution in [3.63, 3.8) is 0 Å². The van der Waals surface area contributed by atoms with Gasteiger partial charge in [-0.3, -0.25) is 0 Å². The number of nitrogens with two attached hydrogens (primary N) is 3. The molecule has 1 fully saturated rings. The van der Waals surface area contributed by atoms with Crippen LogP contribution in [0.1, 0.15) is 96.3 Å². The van der Waals surface area contributed by atoms with Crippen molar-refractivity contribution in [3.8, 4) is 0 Å². The average Bonchev–Trinajstić information content (AvgIpc) is 3.20. The minimum atomic E-state index is -0.367. The number of unbranched alkanes of at least 4 members (excludes halogenated alkanes) is 11. The van der Waals surface area contributed by atoms with Crippen LogP contribution in [0.2, 0.25) is 0 Å². The molecular formula is C27H57N3O5. The summed E-state index contributed by atoms with van der Waals surface area (Å²) < 4.78 is 19.2. The molecule has 0 spiro atoms. The van der Waals surface area contributed by atoms with Crippen molar-refractivity contribution in [3.05, 3.63) is 0 Å². The molecule has 1 aliphatic heterocycles. The Morgan fingerprint density at radius 1 is 0.571 bits per heavy atom. The number of ether oxygens (including phenoxy) is 3. The average molecular weight is 504 g/mol. The summed E-state index contributed by atoms with van der Waals surface area (Å²) in [5.74, 6) is -0.367. The summed E-state index contributed by atoms with van der Waals surface area (Å²) in [4.78, 5) is 0. The van der Waals surface area contributed by atoms with Crippen LogP contribution < -0.4 is 17.2 Å². The number of rotatable bonds is 25. The van der Waals surface area contributed by atoms with Crippen LogP contribution in [0, 0.1) is 5.92 Å². The van der Waals surface area contributed by atoms with Crippen LogP contribution in [-0.2, 0) is 14.2 Å². The number of hydrogen-bond donors (Lipinski definition) is 5. The topological polar surface area (TPSA) is 146 Å². The van der Waals surface area contributed by atoms with E-state index >= 15 is 0 Å². The van der Waals surface area contributed by atoms with E-state index in [4.69, 9.17) is 31.4 Å². The number of hydrogen-bond acceptors (Lipinski definition) is 8. The molecule has 0 bridgehead atoms. The van der Waals surface area contributed by atoms with Gasteiger partial charge < -0.3 is 41.6 Å². The quantitative estimate of drug-likeness (QED) is 0.120. The lowest BCUT2D eigenvalue weighted by Gasteiger charge is -2.27. The third-order valence-electron chi connectivity index (χ3n) is 7.04. The van der Waals surface area contributed by atoms with Crippen molar-refractivity contribution in [1.82, 2.24) is 0 Å². The molecule has 8 heteroatoms. The first-order valence-electron chi connectivity index (χ1n) is 14.4. The lowest BCUT2D eigenvalue weighted by molar-refractivity contribution is -0.0860. The zero-order valence-electron chi connectivity index (χ0n) is 22.3. The van der Waals surface area contributed by atoms with Gasteiger partial charge in [-0.2, -0.15) is 0 Å². The van der Waals surface area contributed by atoms with Gasteiger partial charge in [-0.1, -0.05) is 57.8 Å². The van der Waals surface area contributed by atoms with E-state index in [-0.39, 0.29) is 43.5 Å². The Bertz CT molecular complexity index is 457. The summed E-state index contributed by atoms with van der Waals surface area (Å²) in [6.45, 7) is 3.27. The first kappa shape index (κ1) is 32.7. The Hall–Kier alpha value is -0.320. The highest BCUT2D eigenvalue weighted by Gasteiger charge is 2.48. The number of aliphatic hydroxyl groups is 2. The van der Waals surface area contributed by atoms with Crippen molar-refractivity contribution >= 4 is 0 Å². The van der Waals surface area contributed by atoms with Crippen molar-refractivity contribution < 1.29 is 24.4 Å². The third-order valence-corrected chi connectivity index (χ3v) is 7.04. The molecule has 4 unspecified atom stereocenters. The standard InChI is InChI=1S/C27H57N3O5/c28-16-10-4-2-1-3-9-15-24-26(33-19-13-7-5-11-17-29)27(25(35-24)23(21-31)22-32)34-20-14-8-6-12-18-30/h23-27,31-32H,1-22,28-30H2. The van der Waals surface area contributed by atoms with Gasteiger partial charge in [0.05, 0.1) is 25.4 Å². The maximum atomic E-state index is 9.89. The van der Waals surface area contributed by atoms with Crippen LogP contribution in [0.15, 0.2) is 0 Å². The maximum Gasteiger partial charge on any atom is 0.113 e. The molecule has 1 heterocycles. The van der Waals surface area contributed by atoms with E-state index < -0.39 is 0 Å². The number of aliphatic hydroxyl groups excluding tert-OH is 2. The van der Waals surface area contributed by atoms with Crippen LogP contribution >= 0.6 is 0 Å². The van der Waals surface area contributed by atoms with Crippen LogP contribution in [0.3, 0.4) is 0 Å². The summed E-state index contributed by atoms with van der Waals surface area (Å²) >= 11 is 0. The van der Waals surface area contributed by atoms with Gasteiger partial charge in [0.25, 0.3) is 0 Å². The Labute approximate surface area is 214 Å². The molecule has 35 heavy (non-hydrogen) atoms. The highest BCUT2D eigenvalue weighted by Crippen LogP contribution is 2.34. The van der Waals surface area contributed by atoms with Crippen molar-refractivity contribution in [2.24, 2.45) is 23.1 Å². The zero-order valence-corrected chi connectivity index (χ0v) is 22.3. The molecule has 1 saturated heterocycles. The minimum Gasteiger partial charge on any atom is -0.396 e. The van der Waals surface area contributed by atoms with Crippen molar-refractivity contribution in [1.29, 1.82) is 0 Å². The van der Waals surface area contributed by atoms with Crippen LogP contribution in [0.4, 0.5) is 0 Å². The highest BCUT2D eigenvalue weighted by molar-refractivity contribution is 4.96. The van der Waals surface area contributed by atoms with Crippen LogP contribution in [0.25, 0.3) is 0 Å². The smallest absolute Gasteiger partial charge is 0.113 e. The monoisotopic (exact) mass is 503 g/mol. The van der Waals surface area contributed by atoms with Crippen molar-refractivity contribution in [2.75, 3.05) is 46.1 Å². The fourth-order valence-corrected chi connectivity index (χ4v) is 4.86. The van der Waals surface area contributed by atoms with Gasteiger partial charge in [0.2, 0.25) is 0 Å². The van der Waals surface area contributed by atoms with Gasteiger partial charge in [-0.05, 0) is 58.2 Å². The minimum absolute atomic E-state index is 0.0732. The van der Waals surface area contributed by atoms with Gasteiger partial charge in [-0.25, -0.2) is 0 Å². The van der Waals surface area contributed by atoms with E-state index in [1.54, 1.807) is 0 Å². The predicted octanol–water partition coefficient (Wildman–Crippen LogP) is 2.85. The molecule has 0 saturated carbocycles. The van der Waals surface area contributed by atoms with E-state index in [9.17, 15) is 10.2 Å². The molecular weight excluding hydrogens is 446 g/mol. The normalized spacial score (nSPS) is 22.5. The van der Waals surface area contributed by atoms with Gasteiger partial charge >= 0.3 is 0 Å². The molecule has 0 aromatic carbocycles. The van der Waals surface area contributed by atoms with Crippen molar-refractivity contribution in [2.45, 2.75) is 121 Å². The Kier molecular flexibility index (Phi) is 21.3. The first-order valence-corrected chi connectivity index (χ1v) is 14.4. The van der Waals surface area contributed by atoms with E-state index in [0.717, 1.165) is 96.7 Å². The predicted molar refractivity (Wildman–Crippen MR) is 142 cm³/mol. The largest absolute Gasteiger partial charge is 0.396 e. The van der Waals surface area contributed by atoms with Gasteiger partial charge in [0, 0.05) is 19.1 Å². The van der Waals surface area contributed by atoms with E-state index in [1.807, 2.05) is 0 Å². The van der Waals surface area contributed by atoms with Gasteiger partial charge in [0.15, 0.2) is 0 Å². The highest BCUT2D eigenvalue weighted by atomic mass is 16.6. The summed E-state index contributed by atoms with van der Waals surface area (Å²) in [6, 6.07) is 0. The fourth-order valence-electron chi connectivity index (χ4n) is 4.86. The zero-order chi connectivity index (χ0) is 25.6. The first-order chi connectivity index (χ1) is 17.2. The van der Waals surface area contributed by atoms with E-state index in [0.29, 0.717) is 13.2 Å². The fraction of sp³-hybridized carbons (Fsp3) is 1.00. The van der Waals surface area contributed by atoms with Gasteiger partial charge in [-0.15, -0.1) is 0 Å². The molecule has 0 aromatic rings. The second-order valence-electron chi connectivity index (χ2n) is 10.0. The van der Waals surface area contributed by atoms with Crippen LogP contribution in [0.5, 0.6) is 0 Å². The van der Waals surface area contributed by atoms with E-state index in [2.05, 4.69) is 0 Å². The molecule has 1 aliphatic rings. The Morgan fingerprint density at radius 3 is 1.49 bits per heavy atom. The molecule has 0 radical (unpaired) electrons. The summed E-state index contributed by atoms with van der Waals surface area (Å²) in [7, 11) is 0. The molecule has 4 atom stereocenters. The Balaban J connectivity index is 2.69.